The molecule has 0 aromatic carbocycles. The SMILES string of the molecule is CCC(CN)CCC(C)N. The normalized spacial score (nSPS) is 16.8. The van der Waals surface area contributed by atoms with Crippen molar-refractivity contribution in [3.63, 3.8) is 0 Å². The standard InChI is InChI=1S/C8H20N2/c1-3-8(6-9)5-4-7(2)10/h7-8H,3-6,9-10H2,1-2H3. The van der Waals surface area contributed by atoms with Gasteiger partial charge in [-0.05, 0) is 32.2 Å². The molecule has 0 radical (unpaired) electrons. The second-order valence-electron chi connectivity index (χ2n) is 3.06. The van der Waals surface area contributed by atoms with E-state index in [1.807, 2.05) is 6.92 Å². The smallest absolute Gasteiger partial charge is 0.00105 e. The lowest BCUT2D eigenvalue weighted by Gasteiger charge is -2.12. The molecule has 2 nitrogen and oxygen atoms in total. The molecule has 0 rings (SSSR count). The van der Waals surface area contributed by atoms with E-state index in [-0.39, 0.29) is 0 Å². The molecule has 0 bridgehead atoms. The van der Waals surface area contributed by atoms with E-state index in [1.54, 1.807) is 0 Å². The summed E-state index contributed by atoms with van der Waals surface area (Å²) in [6.07, 6.45) is 3.48. The fourth-order valence-electron chi connectivity index (χ4n) is 0.987. The molecule has 0 amide bonds. The topological polar surface area (TPSA) is 52.0 Å². The van der Waals surface area contributed by atoms with Gasteiger partial charge in [0.2, 0.25) is 0 Å². The lowest BCUT2D eigenvalue weighted by Crippen LogP contribution is -2.19. The average molecular weight is 144 g/mol. The summed E-state index contributed by atoms with van der Waals surface area (Å²) in [6, 6.07) is 0.334. The summed E-state index contributed by atoms with van der Waals surface area (Å²) < 4.78 is 0. The van der Waals surface area contributed by atoms with Crippen molar-refractivity contribution in [3.05, 3.63) is 0 Å². The first-order chi connectivity index (χ1) is 4.70. The number of hydrogen-bond donors (Lipinski definition) is 2. The molecule has 2 heteroatoms. The van der Waals surface area contributed by atoms with E-state index in [4.69, 9.17) is 11.5 Å². The van der Waals surface area contributed by atoms with Gasteiger partial charge in [0.25, 0.3) is 0 Å². The highest BCUT2D eigenvalue weighted by atomic mass is 14.6. The van der Waals surface area contributed by atoms with E-state index in [0.717, 1.165) is 13.0 Å². The van der Waals surface area contributed by atoms with Gasteiger partial charge in [-0.15, -0.1) is 0 Å². The minimum atomic E-state index is 0.334. The van der Waals surface area contributed by atoms with Crippen molar-refractivity contribution in [2.24, 2.45) is 17.4 Å². The zero-order chi connectivity index (χ0) is 7.98. The van der Waals surface area contributed by atoms with E-state index in [1.165, 1.54) is 12.8 Å². The summed E-state index contributed by atoms with van der Waals surface area (Å²) in [5, 5.41) is 0. The predicted molar refractivity (Wildman–Crippen MR) is 45.7 cm³/mol. The highest BCUT2D eigenvalue weighted by Crippen LogP contribution is 2.09. The number of rotatable bonds is 5. The third kappa shape index (κ3) is 4.77. The van der Waals surface area contributed by atoms with Crippen LogP contribution in [0.15, 0.2) is 0 Å². The molecule has 0 aliphatic heterocycles. The van der Waals surface area contributed by atoms with Crippen LogP contribution in [0.2, 0.25) is 0 Å². The molecule has 10 heavy (non-hydrogen) atoms. The molecule has 0 fully saturated rings. The molecule has 0 aliphatic carbocycles. The molecule has 0 saturated carbocycles. The third-order valence-electron chi connectivity index (χ3n) is 1.94. The van der Waals surface area contributed by atoms with E-state index in [2.05, 4.69) is 6.92 Å². The quantitative estimate of drug-likeness (QED) is 0.607. The Balaban J connectivity index is 3.26. The van der Waals surface area contributed by atoms with Gasteiger partial charge in [0.1, 0.15) is 0 Å². The zero-order valence-electron chi connectivity index (χ0n) is 7.14. The van der Waals surface area contributed by atoms with E-state index in [9.17, 15) is 0 Å². The van der Waals surface area contributed by atoms with Crippen LogP contribution in [0.3, 0.4) is 0 Å². The van der Waals surface area contributed by atoms with Gasteiger partial charge in [0.15, 0.2) is 0 Å². The van der Waals surface area contributed by atoms with Gasteiger partial charge in [-0.3, -0.25) is 0 Å². The molecular formula is C8H20N2. The van der Waals surface area contributed by atoms with Crippen LogP contribution in [0.25, 0.3) is 0 Å². The van der Waals surface area contributed by atoms with Gasteiger partial charge in [0.05, 0.1) is 0 Å². The Labute approximate surface area is 64.0 Å². The first kappa shape index (κ1) is 9.92. The van der Waals surface area contributed by atoms with Crippen LogP contribution < -0.4 is 11.5 Å². The monoisotopic (exact) mass is 144 g/mol. The first-order valence-electron chi connectivity index (χ1n) is 4.16. The van der Waals surface area contributed by atoms with Crippen molar-refractivity contribution >= 4 is 0 Å². The third-order valence-corrected chi connectivity index (χ3v) is 1.94. The minimum absolute atomic E-state index is 0.334. The summed E-state index contributed by atoms with van der Waals surface area (Å²) in [5.41, 5.74) is 11.1. The maximum Gasteiger partial charge on any atom is 0.00105 e. The van der Waals surface area contributed by atoms with Crippen LogP contribution in [0.5, 0.6) is 0 Å². The van der Waals surface area contributed by atoms with Crippen LogP contribution in [0.4, 0.5) is 0 Å². The van der Waals surface area contributed by atoms with Crippen molar-refractivity contribution in [1.29, 1.82) is 0 Å². The Kier molecular flexibility index (Phi) is 5.64. The molecule has 0 saturated heterocycles. The Morgan fingerprint density at radius 1 is 1.30 bits per heavy atom. The Morgan fingerprint density at radius 3 is 2.20 bits per heavy atom. The molecule has 2 unspecified atom stereocenters. The van der Waals surface area contributed by atoms with E-state index < -0.39 is 0 Å². The van der Waals surface area contributed by atoms with Gasteiger partial charge in [-0.25, -0.2) is 0 Å². The number of hydrogen-bond acceptors (Lipinski definition) is 2. The predicted octanol–water partition coefficient (Wildman–Crippen LogP) is 1.10. The lowest BCUT2D eigenvalue weighted by atomic mass is 9.98. The van der Waals surface area contributed by atoms with Crippen LogP contribution in [0, 0.1) is 5.92 Å². The van der Waals surface area contributed by atoms with Crippen molar-refractivity contribution in [2.45, 2.75) is 39.2 Å². The molecule has 0 heterocycles. The fraction of sp³-hybridized carbons (Fsp3) is 1.00. The average Bonchev–Trinajstić information content (AvgIpc) is 1.90. The van der Waals surface area contributed by atoms with Crippen molar-refractivity contribution in [1.82, 2.24) is 0 Å². The minimum Gasteiger partial charge on any atom is -0.330 e. The second-order valence-corrected chi connectivity index (χ2v) is 3.06. The van der Waals surface area contributed by atoms with Crippen LogP contribution >= 0.6 is 0 Å². The molecule has 0 aromatic heterocycles. The van der Waals surface area contributed by atoms with Crippen molar-refractivity contribution in [2.75, 3.05) is 6.54 Å². The van der Waals surface area contributed by atoms with Gasteiger partial charge >= 0.3 is 0 Å². The summed E-state index contributed by atoms with van der Waals surface area (Å²) in [6.45, 7) is 5.03. The zero-order valence-corrected chi connectivity index (χ0v) is 7.14. The lowest BCUT2D eigenvalue weighted by molar-refractivity contribution is 0.443. The molecule has 0 spiro atoms. The van der Waals surface area contributed by atoms with Crippen molar-refractivity contribution in [3.8, 4) is 0 Å². The summed E-state index contributed by atoms with van der Waals surface area (Å²) in [7, 11) is 0. The maximum atomic E-state index is 5.61. The fourth-order valence-corrected chi connectivity index (χ4v) is 0.987. The van der Waals surface area contributed by atoms with E-state index in [0.29, 0.717) is 12.0 Å². The molecular weight excluding hydrogens is 124 g/mol. The van der Waals surface area contributed by atoms with Crippen molar-refractivity contribution < 1.29 is 0 Å². The molecule has 0 aliphatic rings. The molecule has 0 aromatic rings. The second kappa shape index (κ2) is 5.69. The molecule has 4 N–H and O–H groups in total. The maximum absolute atomic E-state index is 5.61. The largest absolute Gasteiger partial charge is 0.330 e. The van der Waals surface area contributed by atoms with E-state index >= 15 is 0 Å². The Hall–Kier alpha value is -0.0800. The van der Waals surface area contributed by atoms with Gasteiger partial charge < -0.3 is 11.5 Å². The van der Waals surface area contributed by atoms with Gasteiger partial charge in [-0.2, -0.15) is 0 Å². The molecule has 2 atom stereocenters. The van der Waals surface area contributed by atoms with Gasteiger partial charge in [-0.1, -0.05) is 13.3 Å². The summed E-state index contributed by atoms with van der Waals surface area (Å²) in [5.74, 6) is 0.686. The summed E-state index contributed by atoms with van der Waals surface area (Å²) >= 11 is 0. The molecule has 62 valence electrons. The van der Waals surface area contributed by atoms with Gasteiger partial charge in [0, 0.05) is 6.04 Å². The number of nitrogens with two attached hydrogens (primary N) is 2. The van der Waals surface area contributed by atoms with Crippen LogP contribution in [0.1, 0.15) is 33.1 Å². The first-order valence-corrected chi connectivity index (χ1v) is 4.16. The Morgan fingerprint density at radius 2 is 1.90 bits per heavy atom. The van der Waals surface area contributed by atoms with Crippen LogP contribution in [-0.4, -0.2) is 12.6 Å². The summed E-state index contributed by atoms with van der Waals surface area (Å²) in [4.78, 5) is 0. The Bertz CT molecular complexity index is 67.7. The highest BCUT2D eigenvalue weighted by molar-refractivity contribution is 4.61. The van der Waals surface area contributed by atoms with Crippen LogP contribution in [-0.2, 0) is 0 Å². The highest BCUT2D eigenvalue weighted by Gasteiger charge is 2.03.